The summed E-state index contributed by atoms with van der Waals surface area (Å²) in [4.78, 5) is 13.8. The second-order valence-corrected chi connectivity index (χ2v) is 5.84. The maximum atomic E-state index is 12.6. The van der Waals surface area contributed by atoms with Gasteiger partial charge in [-0.1, -0.05) is 11.6 Å². The molecule has 28 heavy (non-hydrogen) atoms. The van der Waals surface area contributed by atoms with Crippen LogP contribution in [0.3, 0.4) is 0 Å². The molecule has 2 aromatic heterocycles. The van der Waals surface area contributed by atoms with Gasteiger partial charge in [-0.05, 0) is 30.3 Å². The molecule has 0 aliphatic heterocycles. The highest BCUT2D eigenvalue weighted by molar-refractivity contribution is 6.32. The van der Waals surface area contributed by atoms with E-state index in [1.54, 1.807) is 24.3 Å². The lowest BCUT2D eigenvalue weighted by atomic mass is 10.1. The Labute approximate surface area is 160 Å². The Morgan fingerprint density at radius 1 is 1.21 bits per heavy atom. The third kappa shape index (κ3) is 4.46. The first-order chi connectivity index (χ1) is 13.2. The summed E-state index contributed by atoms with van der Waals surface area (Å²) >= 11 is 5.77. The van der Waals surface area contributed by atoms with Crippen LogP contribution >= 0.6 is 11.6 Å². The number of aromatic nitrogens is 1. The first-order valence-electron chi connectivity index (χ1n) is 7.60. The lowest BCUT2D eigenvalue weighted by molar-refractivity contribution is -0.384. The molecule has 0 fully saturated rings. The molecule has 0 aliphatic carbocycles. The Balaban J connectivity index is 1.68. The van der Waals surface area contributed by atoms with E-state index in [2.05, 4.69) is 15.5 Å². The monoisotopic (exact) mass is 410 g/mol. The molecule has 11 heteroatoms. The number of hydrazone groups is 1. The molecule has 0 bridgehead atoms. The molecule has 0 aliphatic rings. The number of nitrogens with zero attached hydrogens (tertiary/aromatic N) is 3. The molecule has 144 valence electrons. The minimum atomic E-state index is -4.54. The topological polar surface area (TPSA) is 93.6 Å². The Kier molecular flexibility index (Phi) is 5.32. The summed E-state index contributed by atoms with van der Waals surface area (Å²) in [5, 5.41) is 14.3. The van der Waals surface area contributed by atoms with Gasteiger partial charge in [-0.2, -0.15) is 18.3 Å². The maximum absolute atomic E-state index is 12.6. The highest BCUT2D eigenvalue weighted by atomic mass is 35.5. The van der Waals surface area contributed by atoms with Crippen LogP contribution in [-0.4, -0.2) is 16.1 Å². The van der Waals surface area contributed by atoms with Gasteiger partial charge in [0, 0.05) is 23.9 Å². The van der Waals surface area contributed by atoms with Gasteiger partial charge in [0.1, 0.15) is 11.5 Å². The van der Waals surface area contributed by atoms with Crippen LogP contribution in [-0.2, 0) is 6.18 Å². The van der Waals surface area contributed by atoms with Crippen LogP contribution < -0.4 is 5.43 Å². The van der Waals surface area contributed by atoms with E-state index < -0.39 is 16.7 Å². The van der Waals surface area contributed by atoms with Crippen LogP contribution in [0.25, 0.3) is 11.3 Å². The van der Waals surface area contributed by atoms with Gasteiger partial charge in [-0.3, -0.25) is 15.5 Å². The van der Waals surface area contributed by atoms with Crippen molar-refractivity contribution in [2.45, 2.75) is 6.18 Å². The van der Waals surface area contributed by atoms with Crippen molar-refractivity contribution in [3.63, 3.8) is 0 Å². The number of furan rings is 1. The van der Waals surface area contributed by atoms with E-state index in [0.717, 1.165) is 6.07 Å². The van der Waals surface area contributed by atoms with Gasteiger partial charge in [0.25, 0.3) is 5.69 Å². The van der Waals surface area contributed by atoms with Gasteiger partial charge < -0.3 is 4.42 Å². The third-order valence-corrected chi connectivity index (χ3v) is 3.81. The van der Waals surface area contributed by atoms with E-state index >= 15 is 0 Å². The normalized spacial score (nSPS) is 11.7. The molecule has 0 radical (unpaired) electrons. The number of rotatable bonds is 5. The summed E-state index contributed by atoms with van der Waals surface area (Å²) in [6.07, 6.45) is -2.62. The molecule has 0 saturated carbocycles. The number of pyridine rings is 1. The number of hydrogen-bond acceptors (Lipinski definition) is 6. The fraction of sp³-hybridized carbons (Fsp3) is 0.0588. The van der Waals surface area contributed by atoms with E-state index in [0.29, 0.717) is 23.3 Å². The van der Waals surface area contributed by atoms with Gasteiger partial charge in [0.15, 0.2) is 5.82 Å². The minimum absolute atomic E-state index is 0.0396. The summed E-state index contributed by atoms with van der Waals surface area (Å²) in [6.45, 7) is 0. The predicted octanol–water partition coefficient (Wildman–Crippen LogP) is 5.37. The number of nitro groups is 1. The Hall–Kier alpha value is -3.40. The fourth-order valence-corrected chi connectivity index (χ4v) is 2.37. The summed E-state index contributed by atoms with van der Waals surface area (Å²) in [7, 11) is 0. The number of hydrogen-bond donors (Lipinski definition) is 1. The smallest absolute Gasteiger partial charge is 0.417 e. The van der Waals surface area contributed by atoms with Crippen LogP contribution in [0.1, 0.15) is 11.3 Å². The molecule has 1 N–H and O–H groups in total. The van der Waals surface area contributed by atoms with Crippen molar-refractivity contribution in [1.29, 1.82) is 0 Å². The lowest BCUT2D eigenvalue weighted by Crippen LogP contribution is -2.06. The van der Waals surface area contributed by atoms with Crippen molar-refractivity contribution in [3.8, 4) is 11.3 Å². The zero-order chi connectivity index (χ0) is 20.3. The molecule has 0 atom stereocenters. The number of non-ortho nitro benzene ring substituents is 1. The Bertz CT molecular complexity index is 1030. The van der Waals surface area contributed by atoms with Crippen molar-refractivity contribution < 1.29 is 22.5 Å². The number of nitrogens with one attached hydrogen (secondary N) is 1. The zero-order valence-corrected chi connectivity index (χ0v) is 14.5. The van der Waals surface area contributed by atoms with Crippen LogP contribution in [0.5, 0.6) is 0 Å². The van der Waals surface area contributed by atoms with Crippen LogP contribution in [0, 0.1) is 10.1 Å². The first kappa shape index (κ1) is 19.4. The molecule has 0 amide bonds. The van der Waals surface area contributed by atoms with Crippen molar-refractivity contribution in [2.75, 3.05) is 5.43 Å². The maximum Gasteiger partial charge on any atom is 0.417 e. The van der Waals surface area contributed by atoms with E-state index in [4.69, 9.17) is 16.0 Å². The highest BCUT2D eigenvalue weighted by Gasteiger charge is 2.31. The van der Waals surface area contributed by atoms with Gasteiger partial charge in [-0.15, -0.1) is 0 Å². The average Bonchev–Trinajstić information content (AvgIpc) is 3.11. The zero-order valence-electron chi connectivity index (χ0n) is 13.8. The van der Waals surface area contributed by atoms with Crippen LogP contribution in [0.4, 0.5) is 24.7 Å². The lowest BCUT2D eigenvalue weighted by Gasteiger charge is -2.08. The summed E-state index contributed by atoms with van der Waals surface area (Å²) < 4.78 is 43.3. The molecule has 3 rings (SSSR count). The number of benzene rings is 1. The molecule has 1 aromatic carbocycles. The second kappa shape index (κ2) is 7.69. The standard InChI is InChI=1S/C17H10ClF3N4O3/c18-14-7-11(17(19,20)21)8-22-16(14)24-23-9-13-5-6-15(28-13)10-1-3-12(4-2-10)25(26)27/h1-9H,(H,22,24)/b23-9-. The minimum Gasteiger partial charge on any atom is -0.455 e. The summed E-state index contributed by atoms with van der Waals surface area (Å²) in [5.74, 6) is 0.749. The molecule has 0 spiro atoms. The molecule has 0 saturated heterocycles. The molecule has 2 heterocycles. The quantitative estimate of drug-likeness (QED) is 0.347. The number of alkyl halides is 3. The molecule has 3 aromatic rings. The van der Waals surface area contributed by atoms with Crippen molar-refractivity contribution in [1.82, 2.24) is 4.98 Å². The molecular weight excluding hydrogens is 401 g/mol. The number of nitro benzene ring substituents is 1. The van der Waals surface area contributed by atoms with Crippen molar-refractivity contribution in [3.05, 3.63) is 75.1 Å². The Morgan fingerprint density at radius 2 is 1.93 bits per heavy atom. The molecule has 0 unspecified atom stereocenters. The van der Waals surface area contributed by atoms with E-state index in [9.17, 15) is 23.3 Å². The van der Waals surface area contributed by atoms with Crippen molar-refractivity contribution in [2.24, 2.45) is 5.10 Å². The average molecular weight is 411 g/mol. The van der Waals surface area contributed by atoms with Crippen LogP contribution in [0.15, 0.2) is 58.2 Å². The number of anilines is 1. The summed E-state index contributed by atoms with van der Waals surface area (Å²) in [6, 6.07) is 9.78. The highest BCUT2D eigenvalue weighted by Crippen LogP contribution is 2.32. The predicted molar refractivity (Wildman–Crippen MR) is 96.3 cm³/mol. The van der Waals surface area contributed by atoms with Crippen molar-refractivity contribution >= 4 is 29.3 Å². The van der Waals surface area contributed by atoms with Gasteiger partial charge in [0.2, 0.25) is 0 Å². The molecular formula is C17H10ClF3N4O3. The van der Waals surface area contributed by atoms with E-state index in [-0.39, 0.29) is 16.5 Å². The van der Waals surface area contributed by atoms with Gasteiger partial charge >= 0.3 is 6.18 Å². The van der Waals surface area contributed by atoms with E-state index in [1.807, 2.05) is 0 Å². The molecule has 7 nitrogen and oxygen atoms in total. The second-order valence-electron chi connectivity index (χ2n) is 5.43. The third-order valence-electron chi connectivity index (χ3n) is 3.52. The van der Waals surface area contributed by atoms with Crippen LogP contribution in [0.2, 0.25) is 5.02 Å². The summed E-state index contributed by atoms with van der Waals surface area (Å²) in [5.41, 5.74) is 2.06. The van der Waals surface area contributed by atoms with Gasteiger partial charge in [0.05, 0.1) is 21.7 Å². The fourth-order valence-electron chi connectivity index (χ4n) is 2.16. The largest absolute Gasteiger partial charge is 0.455 e. The van der Waals surface area contributed by atoms with Gasteiger partial charge in [-0.25, -0.2) is 4.98 Å². The van der Waals surface area contributed by atoms with E-state index in [1.165, 1.54) is 18.3 Å². The first-order valence-corrected chi connectivity index (χ1v) is 7.98. The Morgan fingerprint density at radius 3 is 2.54 bits per heavy atom. The number of halogens is 4. The SMILES string of the molecule is O=[N+]([O-])c1ccc(-c2ccc(/C=N\Nc3ncc(C(F)(F)F)cc3Cl)o2)cc1.